The number of halogens is 1. The van der Waals surface area contributed by atoms with Crippen molar-refractivity contribution in [3.8, 4) is 0 Å². The molecule has 0 radical (unpaired) electrons. The van der Waals surface area contributed by atoms with Crippen LogP contribution in [0, 0.1) is 6.92 Å². The van der Waals surface area contributed by atoms with Gasteiger partial charge in [0.25, 0.3) is 0 Å². The monoisotopic (exact) mass is 311 g/mol. The third-order valence-corrected chi connectivity index (χ3v) is 4.43. The largest absolute Gasteiger partial charge is 0.365 e. The van der Waals surface area contributed by atoms with E-state index < -0.39 is 0 Å². The highest BCUT2D eigenvalue weighted by molar-refractivity contribution is 9.10. The molecule has 0 saturated carbocycles. The highest BCUT2D eigenvalue weighted by atomic mass is 79.9. The van der Waals surface area contributed by atoms with Crippen molar-refractivity contribution in [2.75, 3.05) is 31.6 Å². The second-order valence-electron chi connectivity index (χ2n) is 5.29. The normalized spacial score (nSPS) is 25.5. The Kier molecular flexibility index (Phi) is 4.30. The minimum absolute atomic E-state index is 0.439. The summed E-state index contributed by atoms with van der Waals surface area (Å²) in [5.74, 6) is 0. The van der Waals surface area contributed by atoms with Gasteiger partial charge < -0.3 is 10.6 Å². The Labute approximate surface area is 118 Å². The summed E-state index contributed by atoms with van der Waals surface area (Å²) < 4.78 is 1.18. The first-order valence-electron chi connectivity index (χ1n) is 6.46. The Balaban J connectivity index is 2.26. The highest BCUT2D eigenvalue weighted by Gasteiger charge is 2.29. The molecule has 1 aliphatic heterocycles. The van der Waals surface area contributed by atoms with Gasteiger partial charge in [-0.2, -0.15) is 0 Å². The number of rotatable bonds is 2. The zero-order valence-electron chi connectivity index (χ0n) is 11.4. The number of hydrogen-bond donors (Lipinski definition) is 1. The fraction of sp³-hybridized carbons (Fsp3) is 0.571. The predicted molar refractivity (Wildman–Crippen MR) is 81.2 cm³/mol. The Hall–Kier alpha value is -0.580. The molecule has 1 saturated heterocycles. The number of aryl methyl sites for hydroxylation is 1. The SMILES string of the molecule is Cc1ccc(N2CC(CN)N(C)CC2C)c(Br)c1. The molecule has 2 N–H and O–H groups in total. The standard InChI is InChI=1S/C14H22BrN3/c1-10-4-5-14(13(15)6-10)18-9-12(7-16)17(3)8-11(18)2/h4-6,11-12H,7-9,16H2,1-3H3. The van der Waals surface area contributed by atoms with Gasteiger partial charge in [-0.05, 0) is 54.5 Å². The van der Waals surface area contributed by atoms with Crippen molar-refractivity contribution in [3.63, 3.8) is 0 Å². The lowest BCUT2D eigenvalue weighted by molar-refractivity contribution is 0.197. The number of anilines is 1. The van der Waals surface area contributed by atoms with E-state index in [0.29, 0.717) is 18.6 Å². The van der Waals surface area contributed by atoms with E-state index in [-0.39, 0.29) is 0 Å². The van der Waals surface area contributed by atoms with Crippen LogP contribution in [0.2, 0.25) is 0 Å². The molecule has 0 spiro atoms. The van der Waals surface area contributed by atoms with Crippen molar-refractivity contribution in [1.29, 1.82) is 0 Å². The molecule has 18 heavy (non-hydrogen) atoms. The fourth-order valence-corrected chi connectivity index (χ4v) is 3.37. The maximum atomic E-state index is 5.86. The molecule has 100 valence electrons. The molecule has 1 aromatic carbocycles. The number of hydrogen-bond acceptors (Lipinski definition) is 3. The molecule has 2 atom stereocenters. The molecule has 1 fully saturated rings. The van der Waals surface area contributed by atoms with Crippen molar-refractivity contribution in [1.82, 2.24) is 4.90 Å². The Morgan fingerprint density at radius 3 is 2.72 bits per heavy atom. The maximum absolute atomic E-state index is 5.86. The van der Waals surface area contributed by atoms with Crippen molar-refractivity contribution in [2.24, 2.45) is 5.73 Å². The van der Waals surface area contributed by atoms with E-state index in [1.807, 2.05) is 0 Å². The van der Waals surface area contributed by atoms with Crippen LogP contribution in [0.3, 0.4) is 0 Å². The van der Waals surface area contributed by atoms with E-state index in [2.05, 4.69) is 64.8 Å². The number of likely N-dealkylation sites (N-methyl/N-ethyl adjacent to an activating group) is 1. The van der Waals surface area contributed by atoms with E-state index in [0.717, 1.165) is 13.1 Å². The van der Waals surface area contributed by atoms with Crippen LogP contribution in [0.4, 0.5) is 5.69 Å². The van der Waals surface area contributed by atoms with E-state index in [4.69, 9.17) is 5.73 Å². The molecule has 0 amide bonds. The summed E-state index contributed by atoms with van der Waals surface area (Å²) in [6, 6.07) is 7.50. The van der Waals surface area contributed by atoms with E-state index >= 15 is 0 Å². The van der Waals surface area contributed by atoms with Crippen LogP contribution < -0.4 is 10.6 Å². The molecule has 0 aliphatic carbocycles. The third-order valence-electron chi connectivity index (χ3n) is 3.80. The summed E-state index contributed by atoms with van der Waals surface area (Å²) >= 11 is 3.68. The summed E-state index contributed by atoms with van der Waals surface area (Å²) in [5.41, 5.74) is 8.42. The molecule has 4 heteroatoms. The van der Waals surface area contributed by atoms with Crippen LogP contribution in [0.1, 0.15) is 12.5 Å². The van der Waals surface area contributed by atoms with Crippen LogP contribution in [0.15, 0.2) is 22.7 Å². The van der Waals surface area contributed by atoms with Gasteiger partial charge >= 0.3 is 0 Å². The molecule has 0 bridgehead atoms. The van der Waals surface area contributed by atoms with Crippen molar-refractivity contribution in [2.45, 2.75) is 25.9 Å². The molecule has 3 nitrogen and oxygen atoms in total. The Bertz CT molecular complexity index is 422. The molecule has 1 heterocycles. The smallest absolute Gasteiger partial charge is 0.0514 e. The van der Waals surface area contributed by atoms with E-state index in [1.165, 1.54) is 15.7 Å². The van der Waals surface area contributed by atoms with Crippen LogP contribution in [-0.4, -0.2) is 43.7 Å². The third kappa shape index (κ3) is 2.71. The zero-order chi connectivity index (χ0) is 13.3. The molecule has 2 unspecified atom stereocenters. The van der Waals surface area contributed by atoms with Gasteiger partial charge in [-0.3, -0.25) is 4.90 Å². The lowest BCUT2D eigenvalue weighted by Crippen LogP contribution is -2.58. The zero-order valence-corrected chi connectivity index (χ0v) is 12.9. The quantitative estimate of drug-likeness (QED) is 0.909. The molecule has 2 rings (SSSR count). The highest BCUT2D eigenvalue weighted by Crippen LogP contribution is 2.30. The van der Waals surface area contributed by atoms with Gasteiger partial charge in [0, 0.05) is 36.2 Å². The molecular weight excluding hydrogens is 290 g/mol. The van der Waals surface area contributed by atoms with Crippen molar-refractivity contribution < 1.29 is 0 Å². The van der Waals surface area contributed by atoms with Crippen molar-refractivity contribution in [3.05, 3.63) is 28.2 Å². The number of nitrogens with two attached hydrogens (primary N) is 1. The minimum atomic E-state index is 0.439. The first-order chi connectivity index (χ1) is 8.52. The Morgan fingerprint density at radius 1 is 1.39 bits per heavy atom. The van der Waals surface area contributed by atoms with E-state index in [1.54, 1.807) is 0 Å². The fourth-order valence-electron chi connectivity index (χ4n) is 2.65. The summed E-state index contributed by atoms with van der Waals surface area (Å²) in [7, 11) is 2.16. The van der Waals surface area contributed by atoms with Gasteiger partial charge in [0.2, 0.25) is 0 Å². The predicted octanol–water partition coefficient (Wildman–Crippen LogP) is 2.23. The van der Waals surface area contributed by atoms with Gasteiger partial charge in [-0.25, -0.2) is 0 Å². The average molecular weight is 312 g/mol. The van der Waals surface area contributed by atoms with Gasteiger partial charge in [0.05, 0.1) is 5.69 Å². The Morgan fingerprint density at radius 2 is 2.11 bits per heavy atom. The minimum Gasteiger partial charge on any atom is -0.365 e. The lowest BCUT2D eigenvalue weighted by Gasteiger charge is -2.45. The summed E-state index contributed by atoms with van der Waals surface area (Å²) in [4.78, 5) is 4.82. The van der Waals surface area contributed by atoms with Gasteiger partial charge in [-0.1, -0.05) is 6.07 Å². The van der Waals surface area contributed by atoms with Crippen LogP contribution >= 0.6 is 15.9 Å². The number of benzene rings is 1. The summed E-state index contributed by atoms with van der Waals surface area (Å²) in [5, 5.41) is 0. The van der Waals surface area contributed by atoms with Crippen molar-refractivity contribution >= 4 is 21.6 Å². The molecule has 0 aromatic heterocycles. The molecule has 1 aromatic rings. The second kappa shape index (κ2) is 5.59. The molecule has 1 aliphatic rings. The second-order valence-corrected chi connectivity index (χ2v) is 6.14. The number of piperazine rings is 1. The topological polar surface area (TPSA) is 32.5 Å². The van der Waals surface area contributed by atoms with Gasteiger partial charge in [0.15, 0.2) is 0 Å². The number of nitrogens with zero attached hydrogens (tertiary/aromatic N) is 2. The van der Waals surface area contributed by atoms with Gasteiger partial charge in [0.1, 0.15) is 0 Å². The maximum Gasteiger partial charge on any atom is 0.0514 e. The molecular formula is C14H22BrN3. The van der Waals surface area contributed by atoms with Crippen LogP contribution in [-0.2, 0) is 0 Å². The average Bonchev–Trinajstić information content (AvgIpc) is 2.30. The van der Waals surface area contributed by atoms with Crippen LogP contribution in [0.5, 0.6) is 0 Å². The van der Waals surface area contributed by atoms with E-state index in [9.17, 15) is 0 Å². The van der Waals surface area contributed by atoms with Gasteiger partial charge in [-0.15, -0.1) is 0 Å². The van der Waals surface area contributed by atoms with Crippen LogP contribution in [0.25, 0.3) is 0 Å². The lowest BCUT2D eigenvalue weighted by atomic mass is 10.1. The first-order valence-corrected chi connectivity index (χ1v) is 7.25. The summed E-state index contributed by atoms with van der Waals surface area (Å²) in [6.45, 7) is 7.15. The first kappa shape index (κ1) is 13.8. The summed E-state index contributed by atoms with van der Waals surface area (Å²) in [6.07, 6.45) is 0.